The number of hydrogen-bond acceptors (Lipinski definition) is 4. The molecule has 0 bridgehead atoms. The van der Waals surface area contributed by atoms with Gasteiger partial charge >= 0.3 is 6.09 Å². The van der Waals surface area contributed by atoms with Gasteiger partial charge in [-0.3, -0.25) is 15.4 Å². The van der Waals surface area contributed by atoms with E-state index in [9.17, 15) is 19.3 Å². The van der Waals surface area contributed by atoms with Gasteiger partial charge in [0.25, 0.3) is 5.69 Å². The predicted molar refractivity (Wildman–Crippen MR) is 49.4 cm³/mol. The quantitative estimate of drug-likeness (QED) is 0.586. The topological polar surface area (TPSA) is 116 Å². The Hall–Kier alpha value is -2.69. The molecule has 1 aromatic carbocycles. The highest BCUT2D eigenvalue weighted by atomic mass is 19.1. The monoisotopic (exact) mass is 225 g/mol. The van der Waals surface area contributed by atoms with Crippen molar-refractivity contribution in [2.75, 3.05) is 5.32 Å². The molecule has 1 aromatic rings. The maximum absolute atomic E-state index is 13.1. The molecular weight excluding hydrogens is 221 g/mol. The van der Waals surface area contributed by atoms with Gasteiger partial charge in [-0.1, -0.05) is 0 Å². The van der Waals surface area contributed by atoms with Gasteiger partial charge in [-0.25, -0.2) is 9.18 Å². The van der Waals surface area contributed by atoms with Gasteiger partial charge in [0.15, 0.2) is 0 Å². The number of nitriles is 1. The first-order valence-corrected chi connectivity index (χ1v) is 3.83. The molecule has 0 aliphatic heterocycles. The van der Waals surface area contributed by atoms with Crippen molar-refractivity contribution in [3.05, 3.63) is 33.6 Å². The number of nitrogens with one attached hydrogen (secondary N) is 1. The molecule has 1 rings (SSSR count). The number of nitro benzene ring substituents is 1. The predicted octanol–water partition coefficient (Wildman–Crippen LogP) is 1.70. The van der Waals surface area contributed by atoms with Gasteiger partial charge < -0.3 is 5.11 Å². The number of anilines is 1. The van der Waals surface area contributed by atoms with Gasteiger partial charge in [0, 0.05) is 12.1 Å². The van der Waals surface area contributed by atoms with E-state index in [2.05, 4.69) is 0 Å². The minimum absolute atomic E-state index is 0.519. The second-order valence-electron chi connectivity index (χ2n) is 2.65. The van der Waals surface area contributed by atoms with Crippen LogP contribution in [-0.2, 0) is 0 Å². The average Bonchev–Trinajstić information content (AvgIpc) is 2.16. The van der Waals surface area contributed by atoms with E-state index in [0.717, 1.165) is 0 Å². The van der Waals surface area contributed by atoms with E-state index in [1.165, 1.54) is 6.07 Å². The lowest BCUT2D eigenvalue weighted by Gasteiger charge is -2.03. The van der Waals surface area contributed by atoms with Gasteiger partial charge in [-0.05, 0) is 0 Å². The molecule has 0 atom stereocenters. The summed E-state index contributed by atoms with van der Waals surface area (Å²) in [6.45, 7) is 0. The molecule has 0 heterocycles. The van der Waals surface area contributed by atoms with Crippen molar-refractivity contribution in [2.45, 2.75) is 0 Å². The van der Waals surface area contributed by atoms with Gasteiger partial charge in [0.05, 0.1) is 10.5 Å². The van der Waals surface area contributed by atoms with Crippen LogP contribution in [0.15, 0.2) is 12.1 Å². The largest absolute Gasteiger partial charge is 0.465 e. The minimum Gasteiger partial charge on any atom is -0.465 e. The third kappa shape index (κ3) is 2.21. The van der Waals surface area contributed by atoms with E-state index in [-0.39, 0.29) is 0 Å². The number of carboxylic acid groups (broad SMARTS) is 1. The van der Waals surface area contributed by atoms with Crippen molar-refractivity contribution < 1.29 is 19.2 Å². The summed E-state index contributed by atoms with van der Waals surface area (Å²) in [7, 11) is 0. The van der Waals surface area contributed by atoms with Gasteiger partial charge in [0.1, 0.15) is 17.6 Å². The van der Waals surface area contributed by atoms with Crippen LogP contribution >= 0.6 is 0 Å². The fourth-order valence-electron chi connectivity index (χ4n) is 1.01. The molecule has 1 amide bonds. The Morgan fingerprint density at radius 2 is 2.25 bits per heavy atom. The van der Waals surface area contributed by atoms with Crippen LogP contribution in [-0.4, -0.2) is 16.1 Å². The Bertz CT molecular complexity index is 509. The van der Waals surface area contributed by atoms with Crippen LogP contribution in [0.25, 0.3) is 0 Å². The van der Waals surface area contributed by atoms with Gasteiger partial charge in [0.2, 0.25) is 0 Å². The van der Waals surface area contributed by atoms with Crippen LogP contribution in [0.1, 0.15) is 5.56 Å². The summed E-state index contributed by atoms with van der Waals surface area (Å²) in [5.41, 5.74) is -1.73. The Morgan fingerprint density at radius 1 is 1.62 bits per heavy atom. The second-order valence-corrected chi connectivity index (χ2v) is 2.65. The number of benzene rings is 1. The normalized spacial score (nSPS) is 9.25. The van der Waals surface area contributed by atoms with Crippen LogP contribution in [0.5, 0.6) is 0 Å². The third-order valence-electron chi connectivity index (χ3n) is 1.64. The number of rotatable bonds is 2. The summed E-state index contributed by atoms with van der Waals surface area (Å²) in [5.74, 6) is -1.03. The zero-order valence-electron chi connectivity index (χ0n) is 7.60. The number of hydrogen-bond donors (Lipinski definition) is 2. The Labute approximate surface area is 87.9 Å². The van der Waals surface area contributed by atoms with Crippen LogP contribution in [0.2, 0.25) is 0 Å². The summed E-state index contributed by atoms with van der Waals surface area (Å²) in [5, 5.41) is 29.0. The molecule has 2 N–H and O–H groups in total. The van der Waals surface area contributed by atoms with Crippen molar-refractivity contribution in [1.82, 2.24) is 0 Å². The molecule has 0 saturated heterocycles. The summed E-state index contributed by atoms with van der Waals surface area (Å²) >= 11 is 0. The number of nitro groups is 1. The molecule has 8 heteroatoms. The molecule has 0 aromatic heterocycles. The fourth-order valence-corrected chi connectivity index (χ4v) is 1.01. The first-order valence-electron chi connectivity index (χ1n) is 3.83. The zero-order chi connectivity index (χ0) is 12.3. The van der Waals surface area contributed by atoms with Gasteiger partial charge in [-0.15, -0.1) is 0 Å². The third-order valence-corrected chi connectivity index (χ3v) is 1.64. The van der Waals surface area contributed by atoms with Crippen molar-refractivity contribution in [3.63, 3.8) is 0 Å². The highest BCUT2D eigenvalue weighted by Gasteiger charge is 2.19. The van der Waals surface area contributed by atoms with Crippen LogP contribution < -0.4 is 5.32 Å². The molecule has 0 saturated carbocycles. The lowest BCUT2D eigenvalue weighted by molar-refractivity contribution is -0.384. The van der Waals surface area contributed by atoms with Crippen LogP contribution in [0, 0.1) is 27.3 Å². The van der Waals surface area contributed by atoms with Crippen molar-refractivity contribution in [2.24, 2.45) is 0 Å². The Kier molecular flexibility index (Phi) is 3.00. The number of amides is 1. The lowest BCUT2D eigenvalue weighted by Crippen LogP contribution is -2.10. The summed E-state index contributed by atoms with van der Waals surface area (Å²) in [6.07, 6.45) is -1.56. The first kappa shape index (κ1) is 11.4. The molecule has 0 radical (unpaired) electrons. The van der Waals surface area contributed by atoms with Crippen molar-refractivity contribution >= 4 is 17.5 Å². The molecule has 0 unspecified atom stereocenters. The van der Waals surface area contributed by atoms with E-state index in [1.807, 2.05) is 0 Å². The second kappa shape index (κ2) is 4.22. The van der Waals surface area contributed by atoms with Crippen LogP contribution in [0.4, 0.5) is 20.6 Å². The Morgan fingerprint density at radius 3 is 2.69 bits per heavy atom. The molecule has 0 fully saturated rings. The molecule has 82 valence electrons. The summed E-state index contributed by atoms with van der Waals surface area (Å²) < 4.78 is 13.1. The first-order chi connectivity index (χ1) is 7.45. The zero-order valence-corrected chi connectivity index (χ0v) is 7.60. The van der Waals surface area contributed by atoms with E-state index in [1.54, 1.807) is 5.32 Å². The highest BCUT2D eigenvalue weighted by molar-refractivity contribution is 5.86. The molecular formula is C8H4FN3O4. The maximum atomic E-state index is 13.1. The molecule has 0 aliphatic rings. The lowest BCUT2D eigenvalue weighted by atomic mass is 10.1. The molecule has 0 spiro atoms. The van der Waals surface area contributed by atoms with Crippen LogP contribution in [0.3, 0.4) is 0 Å². The van der Waals surface area contributed by atoms with Gasteiger partial charge in [-0.2, -0.15) is 5.26 Å². The smallest absolute Gasteiger partial charge is 0.409 e. The highest BCUT2D eigenvalue weighted by Crippen LogP contribution is 2.27. The van der Waals surface area contributed by atoms with E-state index >= 15 is 0 Å². The maximum Gasteiger partial charge on any atom is 0.409 e. The Balaban J connectivity index is 3.37. The van der Waals surface area contributed by atoms with Crippen molar-refractivity contribution in [1.29, 1.82) is 5.26 Å². The van der Waals surface area contributed by atoms with Crippen molar-refractivity contribution in [3.8, 4) is 6.07 Å². The summed E-state index contributed by atoms with van der Waals surface area (Å²) in [6, 6.07) is 2.67. The number of halogens is 1. The summed E-state index contributed by atoms with van der Waals surface area (Å²) in [4.78, 5) is 19.9. The minimum atomic E-state index is -1.56. The molecule has 0 aliphatic carbocycles. The SMILES string of the molecule is N#Cc1cc([N+](=O)[O-])c(NC(=O)O)cc1F. The van der Waals surface area contributed by atoms with E-state index < -0.39 is 33.8 Å². The van der Waals surface area contributed by atoms with E-state index in [0.29, 0.717) is 12.1 Å². The number of carbonyl (C=O) groups is 1. The van der Waals surface area contributed by atoms with E-state index in [4.69, 9.17) is 10.4 Å². The molecule has 16 heavy (non-hydrogen) atoms. The number of nitrogens with zero attached hydrogens (tertiary/aromatic N) is 2. The standard InChI is InChI=1S/C8H4FN3O4/c9-5-2-6(11-8(13)14)7(12(15)16)1-4(5)3-10/h1-2,11H,(H,13,14). The fraction of sp³-hybridized carbons (Fsp3) is 0. The average molecular weight is 225 g/mol. The molecule has 7 nitrogen and oxygen atoms in total.